The minimum atomic E-state index is -0.0347. The van der Waals surface area contributed by atoms with E-state index >= 15 is 0 Å². The molecule has 0 radical (unpaired) electrons. The van der Waals surface area contributed by atoms with Crippen LogP contribution in [0.1, 0.15) is 6.92 Å². The Labute approximate surface area is 75.4 Å². The Hall–Kier alpha value is -0.860. The summed E-state index contributed by atoms with van der Waals surface area (Å²) in [6.07, 6.45) is 3.69. The van der Waals surface area contributed by atoms with Crippen molar-refractivity contribution in [3.63, 3.8) is 0 Å². The summed E-state index contributed by atoms with van der Waals surface area (Å²) in [5.74, 6) is 0. The molecule has 2 N–H and O–H groups in total. The van der Waals surface area contributed by atoms with Crippen LogP contribution in [0.15, 0.2) is 37.5 Å². The molecule has 0 rings (SSSR count). The van der Waals surface area contributed by atoms with E-state index in [1.54, 1.807) is 13.2 Å². The van der Waals surface area contributed by atoms with Crippen molar-refractivity contribution in [2.45, 2.75) is 13.0 Å². The molecule has 0 heterocycles. The molecule has 0 saturated heterocycles. The van der Waals surface area contributed by atoms with Gasteiger partial charge in [-0.2, -0.15) is 0 Å². The molecular weight excluding hydrogens is 150 g/mol. The van der Waals surface area contributed by atoms with Crippen LogP contribution in [0.3, 0.4) is 0 Å². The summed E-state index contributed by atoms with van der Waals surface area (Å²) in [5.41, 5.74) is 6.71. The molecule has 0 aliphatic carbocycles. The standard InChI is InChI=1S/C8H15NO.C2H4/c1-4-7(5-2)8(9)6-10-3;1-2/h4-5,8H,1,6,9H2,2-3H3;1-2H2/b7-5+;/t8-;/m1./s1. The number of hydrogen-bond donors (Lipinski definition) is 1. The number of methoxy groups -OCH3 is 1. The topological polar surface area (TPSA) is 35.2 Å². The molecule has 0 saturated carbocycles. The molecule has 0 aliphatic rings. The van der Waals surface area contributed by atoms with E-state index in [2.05, 4.69) is 19.7 Å². The summed E-state index contributed by atoms with van der Waals surface area (Å²) in [7, 11) is 1.64. The van der Waals surface area contributed by atoms with Crippen molar-refractivity contribution in [3.8, 4) is 0 Å². The molecule has 1 atom stereocenters. The Balaban J connectivity index is 0. The molecule has 2 heteroatoms. The third kappa shape index (κ3) is 5.89. The molecule has 70 valence electrons. The maximum atomic E-state index is 5.68. The van der Waals surface area contributed by atoms with Gasteiger partial charge in [-0.15, -0.1) is 13.2 Å². The normalized spacial score (nSPS) is 12.8. The van der Waals surface area contributed by atoms with Crippen molar-refractivity contribution >= 4 is 0 Å². The molecule has 12 heavy (non-hydrogen) atoms. The van der Waals surface area contributed by atoms with Gasteiger partial charge in [-0.05, 0) is 12.5 Å². The van der Waals surface area contributed by atoms with E-state index in [1.165, 1.54) is 0 Å². The van der Waals surface area contributed by atoms with Gasteiger partial charge >= 0.3 is 0 Å². The Morgan fingerprint density at radius 2 is 2.08 bits per heavy atom. The molecule has 0 aromatic heterocycles. The van der Waals surface area contributed by atoms with Gasteiger partial charge in [-0.25, -0.2) is 0 Å². The van der Waals surface area contributed by atoms with Crippen molar-refractivity contribution in [3.05, 3.63) is 37.5 Å². The van der Waals surface area contributed by atoms with E-state index in [4.69, 9.17) is 10.5 Å². The lowest BCUT2D eigenvalue weighted by Crippen LogP contribution is -2.26. The number of rotatable bonds is 4. The van der Waals surface area contributed by atoms with Crippen molar-refractivity contribution in [1.29, 1.82) is 0 Å². The lowest BCUT2D eigenvalue weighted by Gasteiger charge is -2.10. The first kappa shape index (κ1) is 13.7. The minimum Gasteiger partial charge on any atom is -0.383 e. The molecule has 0 aromatic rings. The Morgan fingerprint density at radius 1 is 1.58 bits per heavy atom. The summed E-state index contributed by atoms with van der Waals surface area (Å²) >= 11 is 0. The number of nitrogens with two attached hydrogens (primary N) is 1. The SMILES string of the molecule is C=C.C=C/C(=C\C)[C@H](N)COC. The first-order chi connectivity index (χ1) is 5.76. The van der Waals surface area contributed by atoms with Gasteiger partial charge in [0.25, 0.3) is 0 Å². The van der Waals surface area contributed by atoms with Gasteiger partial charge in [0.2, 0.25) is 0 Å². The second kappa shape index (κ2) is 10.1. The van der Waals surface area contributed by atoms with Gasteiger partial charge in [-0.3, -0.25) is 0 Å². The Bertz CT molecular complexity index is 141. The summed E-state index contributed by atoms with van der Waals surface area (Å²) in [4.78, 5) is 0. The summed E-state index contributed by atoms with van der Waals surface area (Å²) in [6.45, 7) is 12.1. The summed E-state index contributed by atoms with van der Waals surface area (Å²) < 4.78 is 4.87. The fourth-order valence-corrected chi connectivity index (χ4v) is 0.759. The fourth-order valence-electron chi connectivity index (χ4n) is 0.759. The number of hydrogen-bond acceptors (Lipinski definition) is 2. The van der Waals surface area contributed by atoms with Crippen LogP contribution >= 0.6 is 0 Å². The van der Waals surface area contributed by atoms with Gasteiger partial charge in [0, 0.05) is 7.11 Å². The van der Waals surface area contributed by atoms with E-state index < -0.39 is 0 Å². The molecule has 0 aliphatic heterocycles. The smallest absolute Gasteiger partial charge is 0.0655 e. The average Bonchev–Trinajstić information content (AvgIpc) is 2.11. The third-order valence-corrected chi connectivity index (χ3v) is 1.34. The third-order valence-electron chi connectivity index (χ3n) is 1.34. The first-order valence-electron chi connectivity index (χ1n) is 3.79. The van der Waals surface area contributed by atoms with Crippen molar-refractivity contribution in [2.75, 3.05) is 13.7 Å². The van der Waals surface area contributed by atoms with E-state index in [0.29, 0.717) is 6.61 Å². The number of ether oxygens (including phenoxy) is 1. The molecular formula is C10H19NO. The van der Waals surface area contributed by atoms with E-state index in [0.717, 1.165) is 5.57 Å². The van der Waals surface area contributed by atoms with Gasteiger partial charge in [0.05, 0.1) is 12.6 Å². The second-order valence-electron chi connectivity index (χ2n) is 2.05. The largest absolute Gasteiger partial charge is 0.383 e. The van der Waals surface area contributed by atoms with Crippen LogP contribution < -0.4 is 5.73 Å². The first-order valence-corrected chi connectivity index (χ1v) is 3.79. The average molecular weight is 169 g/mol. The van der Waals surface area contributed by atoms with Crippen LogP contribution in [-0.2, 0) is 4.74 Å². The summed E-state index contributed by atoms with van der Waals surface area (Å²) in [6, 6.07) is -0.0347. The zero-order valence-corrected chi connectivity index (χ0v) is 8.05. The van der Waals surface area contributed by atoms with Gasteiger partial charge in [0.15, 0.2) is 0 Å². The van der Waals surface area contributed by atoms with Crippen LogP contribution in [0.2, 0.25) is 0 Å². The fraction of sp³-hybridized carbons (Fsp3) is 0.400. The lowest BCUT2D eigenvalue weighted by atomic mass is 10.1. The predicted octanol–water partition coefficient (Wildman–Crippen LogP) is 1.89. The zero-order chi connectivity index (χ0) is 9.98. The maximum Gasteiger partial charge on any atom is 0.0655 e. The molecule has 0 spiro atoms. The van der Waals surface area contributed by atoms with Crippen LogP contribution in [0.25, 0.3) is 0 Å². The molecule has 0 bridgehead atoms. The van der Waals surface area contributed by atoms with Gasteiger partial charge < -0.3 is 10.5 Å². The maximum absolute atomic E-state index is 5.68. The van der Waals surface area contributed by atoms with Crippen LogP contribution in [0.5, 0.6) is 0 Å². The Kier molecular flexibility index (Phi) is 11.6. The highest BCUT2D eigenvalue weighted by Crippen LogP contribution is 2.00. The van der Waals surface area contributed by atoms with Crippen molar-refractivity contribution < 1.29 is 4.74 Å². The highest BCUT2D eigenvalue weighted by atomic mass is 16.5. The van der Waals surface area contributed by atoms with E-state index in [9.17, 15) is 0 Å². The highest BCUT2D eigenvalue weighted by molar-refractivity contribution is 5.21. The molecule has 0 unspecified atom stereocenters. The highest BCUT2D eigenvalue weighted by Gasteiger charge is 2.02. The van der Waals surface area contributed by atoms with Crippen molar-refractivity contribution in [2.24, 2.45) is 5.73 Å². The Morgan fingerprint density at radius 3 is 2.33 bits per heavy atom. The van der Waals surface area contributed by atoms with Gasteiger partial charge in [-0.1, -0.05) is 18.7 Å². The number of allylic oxidation sites excluding steroid dienone is 1. The van der Waals surface area contributed by atoms with E-state index in [1.807, 2.05) is 13.0 Å². The molecule has 0 fully saturated rings. The molecule has 0 aromatic carbocycles. The zero-order valence-electron chi connectivity index (χ0n) is 8.05. The van der Waals surface area contributed by atoms with Crippen LogP contribution in [-0.4, -0.2) is 19.8 Å². The van der Waals surface area contributed by atoms with Crippen molar-refractivity contribution in [1.82, 2.24) is 0 Å². The van der Waals surface area contributed by atoms with Crippen LogP contribution in [0.4, 0.5) is 0 Å². The predicted molar refractivity (Wildman–Crippen MR) is 55.1 cm³/mol. The lowest BCUT2D eigenvalue weighted by molar-refractivity contribution is 0.190. The van der Waals surface area contributed by atoms with Crippen LogP contribution in [0, 0.1) is 0 Å². The second-order valence-corrected chi connectivity index (χ2v) is 2.05. The molecule has 0 amide bonds. The minimum absolute atomic E-state index is 0.0347. The molecule has 2 nitrogen and oxygen atoms in total. The monoisotopic (exact) mass is 169 g/mol. The van der Waals surface area contributed by atoms with E-state index in [-0.39, 0.29) is 6.04 Å². The van der Waals surface area contributed by atoms with Gasteiger partial charge in [0.1, 0.15) is 0 Å². The quantitative estimate of drug-likeness (QED) is 0.515. The summed E-state index contributed by atoms with van der Waals surface area (Å²) in [5, 5.41) is 0.